The number of nitro groups is 1. The lowest BCUT2D eigenvalue weighted by Crippen LogP contribution is -2.49. The zero-order chi connectivity index (χ0) is 16.2. The lowest BCUT2D eigenvalue weighted by atomic mass is 10.1. The number of nitro benzene ring substituents is 1. The van der Waals surface area contributed by atoms with Crippen LogP contribution in [-0.4, -0.2) is 33.7 Å². The largest absolute Gasteiger partial charge is 0.330 e. The van der Waals surface area contributed by atoms with Crippen molar-refractivity contribution in [2.24, 2.45) is 0 Å². The number of nitrogens with zero attached hydrogens (tertiary/aromatic N) is 2. The summed E-state index contributed by atoms with van der Waals surface area (Å²) in [5, 5.41) is 13.0. The quantitative estimate of drug-likeness (QED) is 0.525. The number of hydrogen-bond donors (Lipinski definition) is 1. The summed E-state index contributed by atoms with van der Waals surface area (Å²) >= 11 is 0. The Morgan fingerprint density at radius 2 is 1.76 bits per heavy atom. The number of nitrogens with one attached hydrogen (secondary N) is 1. The molecule has 1 N–H and O–H groups in total. The van der Waals surface area contributed by atoms with E-state index in [1.807, 2.05) is 20.8 Å². The van der Waals surface area contributed by atoms with Gasteiger partial charge in [-0.1, -0.05) is 0 Å². The second-order valence-electron chi connectivity index (χ2n) is 5.48. The standard InChI is InChI=1S/C14H19N3O4/c1-5-16(14(2,3)4)13(19)12(18)15-10-6-8-11(9-7-10)17(20)21/h6-9H,5H2,1-4H3,(H,15,18). The minimum atomic E-state index is -0.763. The lowest BCUT2D eigenvalue weighted by Gasteiger charge is -2.34. The van der Waals surface area contributed by atoms with E-state index in [1.165, 1.54) is 29.2 Å². The number of rotatable bonds is 3. The monoisotopic (exact) mass is 293 g/mol. The van der Waals surface area contributed by atoms with Gasteiger partial charge in [-0.05, 0) is 39.8 Å². The van der Waals surface area contributed by atoms with Crippen LogP contribution in [0.15, 0.2) is 24.3 Å². The zero-order valence-electron chi connectivity index (χ0n) is 12.5. The fraction of sp³-hybridized carbons (Fsp3) is 0.429. The van der Waals surface area contributed by atoms with E-state index in [2.05, 4.69) is 5.32 Å². The molecule has 0 unspecified atom stereocenters. The van der Waals surface area contributed by atoms with Crippen molar-refractivity contribution in [1.82, 2.24) is 4.90 Å². The van der Waals surface area contributed by atoms with E-state index in [0.717, 1.165) is 0 Å². The predicted octanol–water partition coefficient (Wildman–Crippen LogP) is 2.18. The number of hydrogen-bond acceptors (Lipinski definition) is 4. The second-order valence-corrected chi connectivity index (χ2v) is 5.48. The minimum Gasteiger partial charge on any atom is -0.330 e. The number of benzene rings is 1. The van der Waals surface area contributed by atoms with Crippen LogP contribution in [-0.2, 0) is 9.59 Å². The normalized spacial score (nSPS) is 10.9. The third kappa shape index (κ3) is 4.27. The topological polar surface area (TPSA) is 92.6 Å². The maximum absolute atomic E-state index is 12.1. The van der Waals surface area contributed by atoms with Gasteiger partial charge in [-0.3, -0.25) is 19.7 Å². The van der Waals surface area contributed by atoms with Gasteiger partial charge in [0.2, 0.25) is 0 Å². The minimum absolute atomic E-state index is 0.0794. The van der Waals surface area contributed by atoms with Gasteiger partial charge >= 0.3 is 11.8 Å². The van der Waals surface area contributed by atoms with E-state index in [-0.39, 0.29) is 5.69 Å². The van der Waals surface area contributed by atoms with Crippen molar-refractivity contribution in [3.8, 4) is 0 Å². The summed E-state index contributed by atoms with van der Waals surface area (Å²) in [6.45, 7) is 7.73. The third-order valence-corrected chi connectivity index (χ3v) is 2.90. The number of non-ortho nitro benzene ring substituents is 1. The molecule has 0 bridgehead atoms. The summed E-state index contributed by atoms with van der Waals surface area (Å²) in [6, 6.07) is 5.30. The molecule has 1 aromatic rings. The number of carbonyl (C=O) groups is 2. The summed E-state index contributed by atoms with van der Waals surface area (Å²) < 4.78 is 0. The van der Waals surface area contributed by atoms with Gasteiger partial charge in [0.15, 0.2) is 0 Å². The molecule has 2 amide bonds. The van der Waals surface area contributed by atoms with Gasteiger partial charge in [-0.25, -0.2) is 0 Å². The maximum Gasteiger partial charge on any atom is 0.313 e. The first-order valence-corrected chi connectivity index (χ1v) is 6.54. The van der Waals surface area contributed by atoms with Gasteiger partial charge in [0.1, 0.15) is 0 Å². The molecule has 0 aromatic heterocycles. The van der Waals surface area contributed by atoms with Crippen molar-refractivity contribution in [1.29, 1.82) is 0 Å². The van der Waals surface area contributed by atoms with Gasteiger partial charge in [-0.2, -0.15) is 0 Å². The Labute approximate surface area is 123 Å². The molecule has 21 heavy (non-hydrogen) atoms. The predicted molar refractivity (Wildman–Crippen MR) is 78.9 cm³/mol. The second kappa shape index (κ2) is 6.34. The first-order chi connectivity index (χ1) is 9.66. The van der Waals surface area contributed by atoms with Crippen molar-refractivity contribution in [3.63, 3.8) is 0 Å². The number of carbonyl (C=O) groups excluding carboxylic acids is 2. The molecule has 114 valence electrons. The highest BCUT2D eigenvalue weighted by atomic mass is 16.6. The van der Waals surface area contributed by atoms with Crippen LogP contribution < -0.4 is 5.32 Å². The number of amides is 2. The molecule has 1 rings (SSSR count). The highest BCUT2D eigenvalue weighted by Gasteiger charge is 2.29. The Hall–Kier alpha value is -2.44. The summed E-state index contributed by atoms with van der Waals surface area (Å²) in [4.78, 5) is 35.5. The number of likely N-dealkylation sites (N-methyl/N-ethyl adjacent to an activating group) is 1. The molecule has 1 aromatic carbocycles. The van der Waals surface area contributed by atoms with E-state index in [0.29, 0.717) is 12.2 Å². The maximum atomic E-state index is 12.1. The van der Waals surface area contributed by atoms with Crippen LogP contribution in [0.3, 0.4) is 0 Å². The van der Waals surface area contributed by atoms with Gasteiger partial charge in [0.25, 0.3) is 5.69 Å². The summed E-state index contributed by atoms with van der Waals surface area (Å²) in [6.07, 6.45) is 0. The van der Waals surface area contributed by atoms with E-state index >= 15 is 0 Å². The molecule has 0 spiro atoms. The molecule has 0 radical (unpaired) electrons. The van der Waals surface area contributed by atoms with Crippen molar-refractivity contribution in [3.05, 3.63) is 34.4 Å². The molecular weight excluding hydrogens is 274 g/mol. The van der Waals surface area contributed by atoms with Crippen molar-refractivity contribution in [2.45, 2.75) is 33.2 Å². The summed E-state index contributed by atoms with van der Waals surface area (Å²) in [5.41, 5.74) is -0.202. The molecular formula is C14H19N3O4. The highest BCUT2D eigenvalue weighted by molar-refractivity contribution is 6.39. The van der Waals surface area contributed by atoms with Gasteiger partial charge in [0.05, 0.1) is 4.92 Å². The Kier molecular flexibility index (Phi) is 5.02. The first kappa shape index (κ1) is 16.6. The van der Waals surface area contributed by atoms with Crippen LogP contribution in [0.1, 0.15) is 27.7 Å². The summed E-state index contributed by atoms with van der Waals surface area (Å²) in [5.74, 6) is -1.40. The van der Waals surface area contributed by atoms with Crippen LogP contribution in [0, 0.1) is 10.1 Å². The van der Waals surface area contributed by atoms with Crippen LogP contribution in [0.5, 0.6) is 0 Å². The Balaban J connectivity index is 2.81. The third-order valence-electron chi connectivity index (χ3n) is 2.90. The van der Waals surface area contributed by atoms with E-state index < -0.39 is 22.3 Å². The first-order valence-electron chi connectivity index (χ1n) is 6.54. The van der Waals surface area contributed by atoms with E-state index in [4.69, 9.17) is 0 Å². The molecule has 0 atom stereocenters. The van der Waals surface area contributed by atoms with Gasteiger partial charge < -0.3 is 10.2 Å². The average molecular weight is 293 g/mol. The van der Waals surface area contributed by atoms with Crippen LogP contribution >= 0.6 is 0 Å². The highest BCUT2D eigenvalue weighted by Crippen LogP contribution is 2.17. The van der Waals surface area contributed by atoms with Crippen molar-refractivity contribution in [2.75, 3.05) is 11.9 Å². The van der Waals surface area contributed by atoms with Crippen molar-refractivity contribution >= 4 is 23.2 Å². The molecule has 0 aliphatic carbocycles. The van der Waals surface area contributed by atoms with Gasteiger partial charge in [0, 0.05) is 29.9 Å². The molecule has 0 heterocycles. The van der Waals surface area contributed by atoms with E-state index in [1.54, 1.807) is 6.92 Å². The van der Waals surface area contributed by atoms with Gasteiger partial charge in [-0.15, -0.1) is 0 Å². The molecule has 0 fully saturated rings. The smallest absolute Gasteiger partial charge is 0.313 e. The van der Waals surface area contributed by atoms with Crippen molar-refractivity contribution < 1.29 is 14.5 Å². The molecule has 0 saturated carbocycles. The van der Waals surface area contributed by atoms with Crippen LogP contribution in [0.4, 0.5) is 11.4 Å². The fourth-order valence-corrected chi connectivity index (χ4v) is 1.90. The SMILES string of the molecule is CCN(C(=O)C(=O)Nc1ccc([N+](=O)[O-])cc1)C(C)(C)C. The molecule has 7 nitrogen and oxygen atoms in total. The Bertz CT molecular complexity index is 546. The molecule has 0 aliphatic rings. The molecule has 0 saturated heterocycles. The van der Waals surface area contributed by atoms with Crippen LogP contribution in [0.2, 0.25) is 0 Å². The Morgan fingerprint density at radius 3 is 2.14 bits per heavy atom. The summed E-state index contributed by atoms with van der Waals surface area (Å²) in [7, 11) is 0. The number of anilines is 1. The van der Waals surface area contributed by atoms with E-state index in [9.17, 15) is 19.7 Å². The zero-order valence-corrected chi connectivity index (χ0v) is 12.5. The molecule has 0 aliphatic heterocycles. The average Bonchev–Trinajstić information content (AvgIpc) is 2.38. The Morgan fingerprint density at radius 1 is 1.24 bits per heavy atom. The van der Waals surface area contributed by atoms with Crippen LogP contribution in [0.25, 0.3) is 0 Å². The lowest BCUT2D eigenvalue weighted by molar-refractivity contribution is -0.384. The molecule has 7 heteroatoms. The fourth-order valence-electron chi connectivity index (χ4n) is 1.90.